The molecule has 0 aromatic carbocycles. The average Bonchev–Trinajstić information content (AvgIpc) is 2.75. The van der Waals surface area contributed by atoms with Crippen molar-refractivity contribution in [3.05, 3.63) is 131 Å². The van der Waals surface area contributed by atoms with Gasteiger partial charge in [0, 0.05) is 0 Å². The average molecular weight is 485 g/mol. The molecule has 1 N–H and O–H groups in total. The van der Waals surface area contributed by atoms with Crippen LogP contribution in [0.5, 0.6) is 0 Å². The topological polar surface area (TPSA) is 37.3 Å². The van der Waals surface area contributed by atoms with Crippen LogP contribution in [0.1, 0.15) is 61.8 Å². The van der Waals surface area contributed by atoms with E-state index in [2.05, 4.69) is 90.2 Å². The van der Waals surface area contributed by atoms with Gasteiger partial charge in [-0.25, -0.2) is 0 Å². The molecular weight excluding hydrogens is 440 g/mol. The zero-order valence-electron chi connectivity index (χ0n) is 23.4. The zero-order valence-corrected chi connectivity index (χ0v) is 23.4. The van der Waals surface area contributed by atoms with Gasteiger partial charge in [0.25, 0.3) is 0 Å². The van der Waals surface area contributed by atoms with Crippen LogP contribution in [-0.2, 0) is 4.79 Å². The first-order valence-electron chi connectivity index (χ1n) is 12.6. The van der Waals surface area contributed by atoms with E-state index in [1.165, 1.54) is 16.7 Å². The van der Waals surface area contributed by atoms with E-state index in [-0.39, 0.29) is 17.3 Å². The molecule has 0 aliphatic heterocycles. The second-order valence-corrected chi connectivity index (χ2v) is 10.1. The summed E-state index contributed by atoms with van der Waals surface area (Å²) in [5, 5.41) is 10.0. The third-order valence-electron chi connectivity index (χ3n) is 5.78. The van der Waals surface area contributed by atoms with E-state index >= 15 is 0 Å². The molecule has 1 unspecified atom stereocenters. The maximum absolute atomic E-state index is 10.9. The largest absolute Gasteiger partial charge is 0.389 e. The Balaban J connectivity index is 2.66. The minimum Gasteiger partial charge on any atom is -0.389 e. The maximum atomic E-state index is 10.9. The van der Waals surface area contributed by atoms with Gasteiger partial charge in [-0.2, -0.15) is 0 Å². The molecule has 1 atom stereocenters. The number of rotatable bonds is 10. The fourth-order valence-electron chi connectivity index (χ4n) is 3.85. The van der Waals surface area contributed by atoms with Crippen LogP contribution in [0.2, 0.25) is 0 Å². The van der Waals surface area contributed by atoms with Crippen molar-refractivity contribution in [2.24, 2.45) is 5.41 Å². The Bertz CT molecular complexity index is 1100. The summed E-state index contributed by atoms with van der Waals surface area (Å²) in [5.41, 5.74) is 7.01. The molecule has 0 heterocycles. The highest BCUT2D eigenvalue weighted by molar-refractivity contribution is 5.87. The number of carbonyl (C=O) groups excluding carboxylic acids is 1. The molecule has 1 aliphatic rings. The van der Waals surface area contributed by atoms with Gasteiger partial charge in [-0.15, -0.1) is 0 Å². The van der Waals surface area contributed by atoms with Crippen molar-refractivity contribution in [2.75, 3.05) is 0 Å². The van der Waals surface area contributed by atoms with Crippen LogP contribution in [0.4, 0.5) is 0 Å². The lowest BCUT2D eigenvalue weighted by atomic mass is 9.72. The highest BCUT2D eigenvalue weighted by Crippen LogP contribution is 2.40. The fraction of sp³-hybridized carbons (Fsp3) is 0.324. The Morgan fingerprint density at radius 2 is 1.17 bits per heavy atom. The van der Waals surface area contributed by atoms with Crippen molar-refractivity contribution in [1.82, 2.24) is 0 Å². The molecule has 0 radical (unpaired) electrons. The molecule has 0 aromatic rings. The third kappa shape index (κ3) is 13.0. The monoisotopic (exact) mass is 484 g/mol. The van der Waals surface area contributed by atoms with Crippen LogP contribution >= 0.6 is 0 Å². The molecule has 0 spiro atoms. The first-order chi connectivity index (χ1) is 16.9. The normalized spacial score (nSPS) is 21.8. The van der Waals surface area contributed by atoms with Crippen LogP contribution < -0.4 is 0 Å². The lowest BCUT2D eigenvalue weighted by Gasteiger charge is -2.34. The van der Waals surface area contributed by atoms with Crippen LogP contribution in [0.15, 0.2) is 131 Å². The SMILES string of the molecule is CC(=O)/C=C/C=C(C)/C=C/C=C(C)/C=C/C=C/C(C)=C/C=C/C(C)=C/C=C1/C(C)=CC(O)CC1(C)C. The molecule has 1 aliphatic carbocycles. The molecule has 0 fully saturated rings. The van der Waals surface area contributed by atoms with Crippen LogP contribution in [0.25, 0.3) is 0 Å². The molecule has 2 heteroatoms. The van der Waals surface area contributed by atoms with E-state index in [1.54, 1.807) is 19.1 Å². The smallest absolute Gasteiger partial charge is 0.152 e. The summed E-state index contributed by atoms with van der Waals surface area (Å²) < 4.78 is 0. The maximum Gasteiger partial charge on any atom is 0.152 e. The van der Waals surface area contributed by atoms with Crippen LogP contribution in [0.3, 0.4) is 0 Å². The van der Waals surface area contributed by atoms with Crippen molar-refractivity contribution >= 4 is 5.78 Å². The summed E-state index contributed by atoms with van der Waals surface area (Å²) >= 11 is 0. The highest BCUT2D eigenvalue weighted by atomic mass is 16.3. The highest BCUT2D eigenvalue weighted by Gasteiger charge is 2.30. The number of allylic oxidation sites excluding steroid dienone is 21. The lowest BCUT2D eigenvalue weighted by molar-refractivity contribution is -0.112. The van der Waals surface area contributed by atoms with Gasteiger partial charge in [-0.05, 0) is 70.6 Å². The summed E-state index contributed by atoms with van der Waals surface area (Å²) in [6.45, 7) is 16.2. The zero-order chi connectivity index (χ0) is 27.1. The van der Waals surface area contributed by atoms with Crippen molar-refractivity contribution in [2.45, 2.75) is 67.9 Å². The first-order valence-corrected chi connectivity index (χ1v) is 12.6. The van der Waals surface area contributed by atoms with E-state index in [9.17, 15) is 9.90 Å². The fourth-order valence-corrected chi connectivity index (χ4v) is 3.85. The first kappa shape index (κ1) is 30.8. The molecule has 0 aromatic heterocycles. The van der Waals surface area contributed by atoms with Gasteiger partial charge < -0.3 is 5.11 Å². The van der Waals surface area contributed by atoms with E-state index < -0.39 is 0 Å². The number of aliphatic hydroxyl groups excluding tert-OH is 1. The van der Waals surface area contributed by atoms with Crippen molar-refractivity contribution in [3.63, 3.8) is 0 Å². The second kappa shape index (κ2) is 15.7. The lowest BCUT2D eigenvalue weighted by Crippen LogP contribution is -2.26. The van der Waals surface area contributed by atoms with Gasteiger partial charge >= 0.3 is 0 Å². The quantitative estimate of drug-likeness (QED) is 0.248. The van der Waals surface area contributed by atoms with E-state index in [0.717, 1.165) is 23.1 Å². The Morgan fingerprint density at radius 3 is 1.61 bits per heavy atom. The van der Waals surface area contributed by atoms with E-state index in [0.29, 0.717) is 0 Å². The van der Waals surface area contributed by atoms with Crippen molar-refractivity contribution < 1.29 is 9.90 Å². The van der Waals surface area contributed by atoms with Gasteiger partial charge in [-0.3, -0.25) is 4.79 Å². The molecule has 36 heavy (non-hydrogen) atoms. The molecule has 2 nitrogen and oxygen atoms in total. The predicted octanol–water partition coefficient (Wildman–Crippen LogP) is 8.81. The molecule has 0 bridgehead atoms. The van der Waals surface area contributed by atoms with Crippen LogP contribution in [-0.4, -0.2) is 17.0 Å². The summed E-state index contributed by atoms with van der Waals surface area (Å²) in [6.07, 6.45) is 32.5. The van der Waals surface area contributed by atoms with E-state index in [4.69, 9.17) is 0 Å². The van der Waals surface area contributed by atoms with Gasteiger partial charge in [-0.1, -0.05) is 127 Å². The minimum absolute atomic E-state index is 0.0259. The van der Waals surface area contributed by atoms with Crippen LogP contribution in [0, 0.1) is 5.41 Å². The van der Waals surface area contributed by atoms with Gasteiger partial charge in [0.2, 0.25) is 0 Å². The summed E-state index contributed by atoms with van der Waals surface area (Å²) in [7, 11) is 0. The number of ketones is 1. The van der Waals surface area contributed by atoms with Gasteiger partial charge in [0.15, 0.2) is 5.78 Å². The standard InChI is InChI=1S/C34H44O2/c1-26(16-11-18-28(3)20-13-21-31(6)35)14-9-10-15-27(2)17-12-19-29(4)22-23-33-30(5)24-32(36)25-34(33,7)8/h9-24,32,36H,25H2,1-8H3/b14-9+,15-10+,18-11+,19-12+,21-13+,26-16+,27-17+,28-20+,29-22+,33-23-. The predicted molar refractivity (Wildman–Crippen MR) is 158 cm³/mol. The molecule has 192 valence electrons. The number of carbonyl (C=O) groups is 1. The van der Waals surface area contributed by atoms with Crippen molar-refractivity contribution in [3.8, 4) is 0 Å². The second-order valence-electron chi connectivity index (χ2n) is 10.1. The molecule has 0 saturated heterocycles. The Kier molecular flexibility index (Phi) is 13.4. The number of aliphatic hydroxyl groups is 1. The van der Waals surface area contributed by atoms with Gasteiger partial charge in [0.1, 0.15) is 0 Å². The molecule has 1 rings (SSSR count). The minimum atomic E-state index is -0.352. The summed E-state index contributed by atoms with van der Waals surface area (Å²) in [6, 6.07) is 0. The van der Waals surface area contributed by atoms with Gasteiger partial charge in [0.05, 0.1) is 6.10 Å². The van der Waals surface area contributed by atoms with Crippen molar-refractivity contribution in [1.29, 1.82) is 0 Å². The number of hydrogen-bond donors (Lipinski definition) is 1. The molecule has 0 saturated carbocycles. The summed E-state index contributed by atoms with van der Waals surface area (Å²) in [5.74, 6) is 0.0488. The Morgan fingerprint density at radius 1 is 0.750 bits per heavy atom. The molecular formula is C34H44O2. The Hall–Kier alpha value is -3.23. The molecule has 0 amide bonds. The Labute approximate surface area is 219 Å². The summed E-state index contributed by atoms with van der Waals surface area (Å²) in [4.78, 5) is 10.9. The third-order valence-corrected chi connectivity index (χ3v) is 5.78. The number of hydrogen-bond acceptors (Lipinski definition) is 2. The van der Waals surface area contributed by atoms with E-state index in [1.807, 2.05) is 43.4 Å².